The number of hydrogen-bond donors (Lipinski definition) is 1. The van der Waals surface area contributed by atoms with Crippen LogP contribution in [0, 0.1) is 0 Å². The van der Waals surface area contributed by atoms with E-state index >= 15 is 0 Å². The lowest BCUT2D eigenvalue weighted by atomic mass is 10.2. The molecule has 0 radical (unpaired) electrons. The molecule has 1 N–H and O–H groups in total. The highest BCUT2D eigenvalue weighted by Crippen LogP contribution is 2.24. The second-order valence-corrected chi connectivity index (χ2v) is 8.58. The summed E-state index contributed by atoms with van der Waals surface area (Å²) in [5, 5.41) is 2.81. The second kappa shape index (κ2) is 9.95. The summed E-state index contributed by atoms with van der Waals surface area (Å²) < 4.78 is 33.0. The number of methoxy groups -OCH3 is 1. The molecule has 0 aliphatic heterocycles. The number of carbonyl (C=O) groups excluding carboxylic acids is 1. The molecule has 0 spiro atoms. The first kappa shape index (κ1) is 22.1. The van der Waals surface area contributed by atoms with E-state index in [0.717, 1.165) is 5.56 Å². The van der Waals surface area contributed by atoms with E-state index < -0.39 is 10.0 Å². The zero-order valence-corrected chi connectivity index (χ0v) is 18.0. The quantitative estimate of drug-likeness (QED) is 0.515. The van der Waals surface area contributed by atoms with Crippen LogP contribution in [0.15, 0.2) is 96.4 Å². The van der Waals surface area contributed by atoms with Gasteiger partial charge in [-0.1, -0.05) is 42.5 Å². The minimum absolute atomic E-state index is 0.0345. The van der Waals surface area contributed by atoms with Crippen LogP contribution in [0.1, 0.15) is 15.9 Å². The van der Waals surface area contributed by atoms with Gasteiger partial charge in [-0.25, -0.2) is 8.42 Å². The largest absolute Gasteiger partial charge is 0.497 e. The molecule has 160 valence electrons. The molecule has 31 heavy (non-hydrogen) atoms. The van der Waals surface area contributed by atoms with Crippen molar-refractivity contribution in [1.29, 1.82) is 0 Å². The lowest BCUT2D eigenvalue weighted by Crippen LogP contribution is -2.31. The van der Waals surface area contributed by atoms with Gasteiger partial charge < -0.3 is 10.1 Å². The van der Waals surface area contributed by atoms with Crippen molar-refractivity contribution in [2.24, 2.45) is 0 Å². The first-order chi connectivity index (χ1) is 15.0. The Morgan fingerprint density at radius 3 is 2.48 bits per heavy atom. The fourth-order valence-electron chi connectivity index (χ4n) is 3.05. The fourth-order valence-corrected chi connectivity index (χ4v) is 4.53. The Balaban J connectivity index is 1.82. The first-order valence-electron chi connectivity index (χ1n) is 9.65. The van der Waals surface area contributed by atoms with E-state index in [4.69, 9.17) is 4.74 Å². The van der Waals surface area contributed by atoms with Crippen LogP contribution >= 0.6 is 0 Å². The first-order valence-corrected chi connectivity index (χ1v) is 11.1. The van der Waals surface area contributed by atoms with Crippen LogP contribution in [-0.4, -0.2) is 28.0 Å². The standard InChI is InChI=1S/C24H24N2O4S/c1-3-15-26(21-11-5-4-6-12-21)31(28,29)23-14-8-10-20(17-23)24(27)25-18-19-9-7-13-22(16-19)30-2/h3-14,16-17H,1,15,18H2,2H3,(H,25,27). The van der Waals surface area contributed by atoms with Crippen molar-refractivity contribution in [3.8, 4) is 5.75 Å². The normalized spacial score (nSPS) is 10.9. The number of anilines is 1. The molecule has 7 heteroatoms. The van der Waals surface area contributed by atoms with Gasteiger partial charge >= 0.3 is 0 Å². The maximum absolute atomic E-state index is 13.3. The number of nitrogens with zero attached hydrogens (tertiary/aromatic N) is 1. The maximum Gasteiger partial charge on any atom is 0.264 e. The van der Waals surface area contributed by atoms with Gasteiger partial charge in [0.1, 0.15) is 5.75 Å². The number of para-hydroxylation sites is 1. The smallest absolute Gasteiger partial charge is 0.264 e. The van der Waals surface area contributed by atoms with Crippen LogP contribution in [-0.2, 0) is 16.6 Å². The van der Waals surface area contributed by atoms with Crippen molar-refractivity contribution in [2.45, 2.75) is 11.4 Å². The van der Waals surface area contributed by atoms with Gasteiger partial charge in [0.05, 0.1) is 24.2 Å². The summed E-state index contributed by atoms with van der Waals surface area (Å²) in [4.78, 5) is 12.7. The summed E-state index contributed by atoms with van der Waals surface area (Å²) in [5.41, 5.74) is 1.66. The number of ether oxygens (including phenoxy) is 1. The van der Waals surface area contributed by atoms with Crippen molar-refractivity contribution in [1.82, 2.24) is 5.32 Å². The van der Waals surface area contributed by atoms with E-state index in [9.17, 15) is 13.2 Å². The van der Waals surface area contributed by atoms with Crippen molar-refractivity contribution in [3.05, 3.63) is 103 Å². The molecule has 0 aromatic heterocycles. The predicted octanol–water partition coefficient (Wildman–Crippen LogP) is 4.01. The highest BCUT2D eigenvalue weighted by Gasteiger charge is 2.24. The van der Waals surface area contributed by atoms with Gasteiger partial charge in [-0.15, -0.1) is 6.58 Å². The Bertz CT molecular complexity index is 1160. The van der Waals surface area contributed by atoms with E-state index in [1.54, 1.807) is 43.5 Å². The van der Waals surface area contributed by atoms with Crippen LogP contribution in [0.5, 0.6) is 5.75 Å². The van der Waals surface area contributed by atoms with Gasteiger partial charge in [0.2, 0.25) is 0 Å². The summed E-state index contributed by atoms with van der Waals surface area (Å²) in [6, 6.07) is 22.1. The van der Waals surface area contributed by atoms with E-state index in [2.05, 4.69) is 11.9 Å². The molecule has 0 fully saturated rings. The van der Waals surface area contributed by atoms with Crippen molar-refractivity contribution >= 4 is 21.6 Å². The third kappa shape index (κ3) is 5.32. The van der Waals surface area contributed by atoms with Crippen LogP contribution in [0.3, 0.4) is 0 Å². The Labute approximate surface area is 182 Å². The molecule has 0 aliphatic carbocycles. The number of amides is 1. The molecule has 1 amide bonds. The third-order valence-corrected chi connectivity index (χ3v) is 6.40. The average molecular weight is 437 g/mol. The minimum atomic E-state index is -3.88. The van der Waals surface area contributed by atoms with E-state index in [1.807, 2.05) is 30.3 Å². The predicted molar refractivity (Wildman–Crippen MR) is 122 cm³/mol. The zero-order chi connectivity index (χ0) is 22.3. The average Bonchev–Trinajstić information content (AvgIpc) is 2.81. The van der Waals surface area contributed by atoms with Crippen molar-refractivity contribution in [3.63, 3.8) is 0 Å². The van der Waals surface area contributed by atoms with Gasteiger partial charge in [-0.05, 0) is 48.0 Å². The molecule has 3 aromatic rings. The van der Waals surface area contributed by atoms with Crippen LogP contribution < -0.4 is 14.4 Å². The van der Waals surface area contributed by atoms with Gasteiger partial charge in [0.15, 0.2) is 0 Å². The number of benzene rings is 3. The van der Waals surface area contributed by atoms with Gasteiger partial charge in [0.25, 0.3) is 15.9 Å². The molecule has 0 unspecified atom stereocenters. The molecule has 0 saturated heterocycles. The molecule has 0 saturated carbocycles. The molecule has 0 bridgehead atoms. The summed E-state index contributed by atoms with van der Waals surface area (Å²) in [5.74, 6) is 0.331. The Morgan fingerprint density at radius 1 is 1.03 bits per heavy atom. The number of carbonyl (C=O) groups is 1. The summed E-state index contributed by atoms with van der Waals surface area (Å²) in [7, 11) is -2.30. The fraction of sp³-hybridized carbons (Fsp3) is 0.125. The summed E-state index contributed by atoms with van der Waals surface area (Å²) >= 11 is 0. The molecule has 3 rings (SSSR count). The molecule has 0 atom stereocenters. The SMILES string of the molecule is C=CCN(c1ccccc1)S(=O)(=O)c1cccc(C(=O)NCc2cccc(OC)c2)c1. The van der Waals surface area contributed by atoms with E-state index in [0.29, 0.717) is 18.0 Å². The highest BCUT2D eigenvalue weighted by atomic mass is 32.2. The molecular weight excluding hydrogens is 412 g/mol. The van der Waals surface area contributed by atoms with Gasteiger partial charge in [-0.3, -0.25) is 9.10 Å². The molecule has 0 heterocycles. The number of sulfonamides is 1. The monoisotopic (exact) mass is 436 g/mol. The van der Waals surface area contributed by atoms with Crippen LogP contribution in [0.2, 0.25) is 0 Å². The Hall–Kier alpha value is -3.58. The van der Waals surface area contributed by atoms with E-state index in [1.165, 1.54) is 22.5 Å². The molecule has 6 nitrogen and oxygen atoms in total. The van der Waals surface area contributed by atoms with Crippen LogP contribution in [0.25, 0.3) is 0 Å². The number of hydrogen-bond acceptors (Lipinski definition) is 4. The summed E-state index contributed by atoms with van der Waals surface area (Å²) in [6.07, 6.45) is 1.52. The molecular formula is C24H24N2O4S. The Kier molecular flexibility index (Phi) is 7.10. The summed E-state index contributed by atoms with van der Waals surface area (Å²) in [6.45, 7) is 4.07. The van der Waals surface area contributed by atoms with Crippen molar-refractivity contribution in [2.75, 3.05) is 18.0 Å². The minimum Gasteiger partial charge on any atom is -0.497 e. The Morgan fingerprint density at radius 2 is 1.77 bits per heavy atom. The number of nitrogens with one attached hydrogen (secondary N) is 1. The van der Waals surface area contributed by atoms with Crippen molar-refractivity contribution < 1.29 is 17.9 Å². The highest BCUT2D eigenvalue weighted by molar-refractivity contribution is 7.92. The van der Waals surface area contributed by atoms with Gasteiger partial charge in [-0.2, -0.15) is 0 Å². The maximum atomic E-state index is 13.3. The van der Waals surface area contributed by atoms with Crippen LogP contribution in [0.4, 0.5) is 5.69 Å². The third-order valence-electron chi connectivity index (χ3n) is 4.61. The van der Waals surface area contributed by atoms with E-state index in [-0.39, 0.29) is 22.9 Å². The topological polar surface area (TPSA) is 75.7 Å². The molecule has 3 aromatic carbocycles. The zero-order valence-electron chi connectivity index (χ0n) is 17.2. The lowest BCUT2D eigenvalue weighted by Gasteiger charge is -2.23. The number of rotatable bonds is 9. The lowest BCUT2D eigenvalue weighted by molar-refractivity contribution is 0.0950. The second-order valence-electron chi connectivity index (χ2n) is 6.72. The van der Waals surface area contributed by atoms with Gasteiger partial charge in [0, 0.05) is 12.1 Å². The molecule has 0 aliphatic rings.